The van der Waals surface area contributed by atoms with E-state index in [1.165, 1.54) is 25.7 Å². The molecule has 0 aliphatic heterocycles. The summed E-state index contributed by atoms with van der Waals surface area (Å²) in [5.74, 6) is -2.02. The van der Waals surface area contributed by atoms with Gasteiger partial charge in [0.15, 0.2) is 5.78 Å². The lowest BCUT2D eigenvalue weighted by Crippen LogP contribution is -2.06. The smallest absolute Gasteiger partial charge is 0.168 e. The van der Waals surface area contributed by atoms with Crippen LogP contribution in [-0.4, -0.2) is 5.78 Å². The maximum Gasteiger partial charge on any atom is 0.168 e. The Labute approximate surface area is 127 Å². The van der Waals surface area contributed by atoms with Gasteiger partial charge in [-0.25, -0.2) is 8.78 Å². The summed E-state index contributed by atoms with van der Waals surface area (Å²) in [7, 11) is 0. The predicted molar refractivity (Wildman–Crippen MR) is 81.0 cm³/mol. The van der Waals surface area contributed by atoms with Crippen molar-refractivity contribution in [3.05, 3.63) is 33.8 Å². The molecule has 20 heavy (non-hydrogen) atoms. The molecule has 0 amide bonds. The van der Waals surface area contributed by atoms with E-state index in [4.69, 9.17) is 0 Å². The Morgan fingerprint density at radius 1 is 1.00 bits per heavy atom. The average Bonchev–Trinajstić information content (AvgIpc) is 2.36. The molecular formula is C16H21BrF2O. The van der Waals surface area contributed by atoms with Crippen molar-refractivity contribution in [1.29, 1.82) is 0 Å². The highest BCUT2D eigenvalue weighted by molar-refractivity contribution is 9.10. The largest absolute Gasteiger partial charge is 0.294 e. The van der Waals surface area contributed by atoms with Gasteiger partial charge < -0.3 is 0 Å². The number of ketones is 1. The first kappa shape index (κ1) is 17.3. The van der Waals surface area contributed by atoms with Crippen LogP contribution in [0.15, 0.2) is 16.6 Å². The third-order valence-electron chi connectivity index (χ3n) is 3.29. The second-order valence-electron chi connectivity index (χ2n) is 5.04. The average molecular weight is 347 g/mol. The van der Waals surface area contributed by atoms with Gasteiger partial charge in [-0.1, -0.05) is 61.4 Å². The molecule has 4 heteroatoms. The fourth-order valence-electron chi connectivity index (χ4n) is 2.18. The normalized spacial score (nSPS) is 10.8. The second-order valence-corrected chi connectivity index (χ2v) is 5.95. The number of benzene rings is 1. The Balaban J connectivity index is 2.37. The molecule has 0 heterocycles. The number of unbranched alkanes of at least 4 members (excludes halogenated alkanes) is 6. The number of hydrogen-bond acceptors (Lipinski definition) is 1. The van der Waals surface area contributed by atoms with Gasteiger partial charge in [0.1, 0.15) is 11.6 Å². The maximum absolute atomic E-state index is 13.6. The van der Waals surface area contributed by atoms with Gasteiger partial charge in [-0.05, 0) is 18.6 Å². The number of halogens is 3. The summed E-state index contributed by atoms with van der Waals surface area (Å²) in [6.07, 6.45) is 7.77. The van der Waals surface area contributed by atoms with Crippen LogP contribution in [0.1, 0.15) is 68.6 Å². The lowest BCUT2D eigenvalue weighted by molar-refractivity contribution is 0.0971. The van der Waals surface area contributed by atoms with Gasteiger partial charge in [-0.3, -0.25) is 4.79 Å². The molecule has 0 aliphatic carbocycles. The highest BCUT2D eigenvalue weighted by Crippen LogP contribution is 2.21. The lowest BCUT2D eigenvalue weighted by atomic mass is 10.0. The monoisotopic (exact) mass is 346 g/mol. The van der Waals surface area contributed by atoms with Crippen LogP contribution in [0, 0.1) is 11.6 Å². The second kappa shape index (κ2) is 9.22. The number of carbonyl (C=O) groups excluding carboxylic acids is 1. The fraction of sp³-hybridized carbons (Fsp3) is 0.562. The van der Waals surface area contributed by atoms with Crippen molar-refractivity contribution in [1.82, 2.24) is 0 Å². The van der Waals surface area contributed by atoms with Crippen LogP contribution in [-0.2, 0) is 0 Å². The van der Waals surface area contributed by atoms with Crippen LogP contribution in [0.5, 0.6) is 0 Å². The van der Waals surface area contributed by atoms with Crippen LogP contribution >= 0.6 is 15.9 Å². The maximum atomic E-state index is 13.6. The lowest BCUT2D eigenvalue weighted by Gasteiger charge is -2.05. The summed E-state index contributed by atoms with van der Waals surface area (Å²) < 4.78 is 27.5. The van der Waals surface area contributed by atoms with Gasteiger partial charge in [0.2, 0.25) is 0 Å². The fourth-order valence-corrected chi connectivity index (χ4v) is 2.58. The van der Waals surface area contributed by atoms with Gasteiger partial charge in [-0.2, -0.15) is 0 Å². The standard InChI is InChI=1S/C16H21BrF2O/c1-2-3-4-5-6-7-8-9-15(20)16-13(18)10-12(17)11-14(16)19/h10-11H,2-9H2,1H3. The van der Waals surface area contributed by atoms with Crippen LogP contribution in [0.2, 0.25) is 0 Å². The first-order valence-electron chi connectivity index (χ1n) is 7.24. The first-order valence-corrected chi connectivity index (χ1v) is 8.03. The summed E-state index contributed by atoms with van der Waals surface area (Å²) in [6, 6.07) is 2.25. The van der Waals surface area contributed by atoms with Crippen molar-refractivity contribution < 1.29 is 13.6 Å². The summed E-state index contributed by atoms with van der Waals surface area (Å²) >= 11 is 3.00. The molecule has 0 saturated heterocycles. The highest BCUT2D eigenvalue weighted by atomic mass is 79.9. The van der Waals surface area contributed by atoms with E-state index in [-0.39, 0.29) is 6.42 Å². The van der Waals surface area contributed by atoms with Crippen molar-refractivity contribution in [2.45, 2.75) is 58.3 Å². The molecule has 1 aromatic carbocycles. The molecule has 0 radical (unpaired) electrons. The minimum Gasteiger partial charge on any atom is -0.294 e. The van der Waals surface area contributed by atoms with Crippen molar-refractivity contribution >= 4 is 21.7 Å². The molecular weight excluding hydrogens is 326 g/mol. The number of hydrogen-bond donors (Lipinski definition) is 0. The molecule has 112 valence electrons. The molecule has 1 rings (SSSR count). The van der Waals surface area contributed by atoms with E-state index in [1.54, 1.807) is 0 Å². The molecule has 0 fully saturated rings. The van der Waals surface area contributed by atoms with Gasteiger partial charge in [0, 0.05) is 10.9 Å². The molecule has 0 N–H and O–H groups in total. The van der Waals surface area contributed by atoms with Crippen molar-refractivity contribution in [3.63, 3.8) is 0 Å². The zero-order valence-corrected chi connectivity index (χ0v) is 13.4. The van der Waals surface area contributed by atoms with Crippen molar-refractivity contribution in [3.8, 4) is 0 Å². The van der Waals surface area contributed by atoms with Gasteiger partial charge in [0.05, 0.1) is 5.56 Å². The molecule has 0 atom stereocenters. The number of rotatable bonds is 9. The SMILES string of the molecule is CCCCCCCCCC(=O)c1c(F)cc(Br)cc1F. The molecule has 0 aliphatic rings. The third kappa shape index (κ3) is 5.70. The van der Waals surface area contributed by atoms with Gasteiger partial charge in [-0.15, -0.1) is 0 Å². The summed E-state index contributed by atoms with van der Waals surface area (Å²) in [4.78, 5) is 11.8. The topological polar surface area (TPSA) is 17.1 Å². The van der Waals surface area contributed by atoms with E-state index in [2.05, 4.69) is 22.9 Å². The van der Waals surface area contributed by atoms with Gasteiger partial charge in [0.25, 0.3) is 0 Å². The summed E-state index contributed by atoms with van der Waals surface area (Å²) in [5, 5.41) is 0. The minimum atomic E-state index is -0.787. The van der Waals surface area contributed by atoms with Crippen LogP contribution in [0.25, 0.3) is 0 Å². The van der Waals surface area contributed by atoms with Crippen molar-refractivity contribution in [2.75, 3.05) is 0 Å². The minimum absolute atomic E-state index is 0.212. The molecule has 1 aromatic rings. The van der Waals surface area contributed by atoms with E-state index in [0.29, 0.717) is 10.9 Å². The van der Waals surface area contributed by atoms with E-state index >= 15 is 0 Å². The zero-order chi connectivity index (χ0) is 15.0. The predicted octanol–water partition coefficient (Wildman–Crippen LogP) is 6.05. The molecule has 0 saturated carbocycles. The third-order valence-corrected chi connectivity index (χ3v) is 3.75. The Morgan fingerprint density at radius 2 is 1.50 bits per heavy atom. The first-order chi connectivity index (χ1) is 9.56. The number of carbonyl (C=O) groups is 1. The van der Waals surface area contributed by atoms with Crippen LogP contribution in [0.3, 0.4) is 0 Å². The Kier molecular flexibility index (Phi) is 7.97. The van der Waals surface area contributed by atoms with Crippen LogP contribution in [0.4, 0.5) is 8.78 Å². The van der Waals surface area contributed by atoms with Crippen molar-refractivity contribution in [2.24, 2.45) is 0 Å². The zero-order valence-electron chi connectivity index (χ0n) is 11.9. The molecule has 0 unspecified atom stereocenters. The summed E-state index contributed by atoms with van der Waals surface area (Å²) in [6.45, 7) is 2.17. The highest BCUT2D eigenvalue weighted by Gasteiger charge is 2.17. The Bertz CT molecular complexity index is 423. The molecule has 0 aromatic heterocycles. The Morgan fingerprint density at radius 3 is 2.05 bits per heavy atom. The van der Waals surface area contributed by atoms with E-state index in [0.717, 1.165) is 25.0 Å². The molecule has 1 nitrogen and oxygen atoms in total. The molecule has 0 spiro atoms. The quantitative estimate of drug-likeness (QED) is 0.392. The number of Topliss-reactive ketones (excluding diaryl/α,β-unsaturated/α-hetero) is 1. The van der Waals surface area contributed by atoms with Gasteiger partial charge >= 0.3 is 0 Å². The Hall–Kier alpha value is -0.770. The van der Waals surface area contributed by atoms with E-state index < -0.39 is 23.0 Å². The van der Waals surface area contributed by atoms with E-state index in [9.17, 15) is 13.6 Å². The summed E-state index contributed by atoms with van der Waals surface area (Å²) in [5.41, 5.74) is -0.404. The van der Waals surface area contributed by atoms with Crippen LogP contribution < -0.4 is 0 Å². The van der Waals surface area contributed by atoms with E-state index in [1.807, 2.05) is 0 Å². The molecule has 0 bridgehead atoms.